The molecule has 0 aromatic heterocycles. The molecule has 1 aromatic rings. The van der Waals surface area contributed by atoms with E-state index in [4.69, 9.17) is 4.74 Å². The molecule has 106 valence electrons. The van der Waals surface area contributed by atoms with Crippen molar-refractivity contribution in [2.24, 2.45) is 0 Å². The topological polar surface area (TPSA) is 75.6 Å². The van der Waals surface area contributed by atoms with E-state index in [9.17, 15) is 14.5 Å². The summed E-state index contributed by atoms with van der Waals surface area (Å²) in [5.41, 5.74) is -0.381. The van der Waals surface area contributed by atoms with Crippen LogP contribution in [0.1, 0.15) is 20.8 Å². The highest BCUT2D eigenvalue weighted by Gasteiger charge is 2.18. The summed E-state index contributed by atoms with van der Waals surface area (Å²) in [5.74, 6) is -0.132. The number of carbonyl (C=O) groups is 1. The molecular formula is C13H20NO4P. The first-order valence-electron chi connectivity index (χ1n) is 5.87. The second-order valence-corrected chi connectivity index (χ2v) is 8.90. The second-order valence-electron chi connectivity index (χ2n) is 5.68. The molecule has 5 nitrogen and oxygen atoms in total. The van der Waals surface area contributed by atoms with Gasteiger partial charge in [-0.3, -0.25) is 5.32 Å². The third kappa shape index (κ3) is 4.95. The Balaban J connectivity index is 2.87. The number of hydrogen-bond donors (Lipinski definition) is 2. The molecule has 0 saturated heterocycles. The number of anilines is 1. The third-order valence-electron chi connectivity index (χ3n) is 2.24. The van der Waals surface area contributed by atoms with Crippen LogP contribution < -0.4 is 10.6 Å². The number of nitrogens with one attached hydrogen (secondary N) is 1. The Labute approximate surface area is 113 Å². The highest BCUT2D eigenvalue weighted by atomic mass is 31.2. The van der Waals surface area contributed by atoms with Gasteiger partial charge in [-0.25, -0.2) is 4.79 Å². The van der Waals surface area contributed by atoms with Gasteiger partial charge in [-0.15, -0.1) is 0 Å². The number of amides is 1. The van der Waals surface area contributed by atoms with E-state index in [1.54, 1.807) is 40.2 Å². The van der Waals surface area contributed by atoms with Crippen molar-refractivity contribution in [3.05, 3.63) is 18.2 Å². The Morgan fingerprint density at radius 1 is 1.32 bits per heavy atom. The number of aromatic hydroxyl groups is 1. The van der Waals surface area contributed by atoms with Gasteiger partial charge < -0.3 is 14.4 Å². The van der Waals surface area contributed by atoms with Gasteiger partial charge in [0.15, 0.2) is 0 Å². The number of rotatable bonds is 2. The van der Waals surface area contributed by atoms with Crippen molar-refractivity contribution in [1.29, 1.82) is 0 Å². The van der Waals surface area contributed by atoms with Crippen LogP contribution in [0.5, 0.6) is 5.75 Å². The maximum Gasteiger partial charge on any atom is 0.412 e. The molecule has 0 atom stereocenters. The molecule has 1 amide bonds. The predicted molar refractivity (Wildman–Crippen MR) is 77.1 cm³/mol. The largest absolute Gasteiger partial charge is 0.506 e. The first kappa shape index (κ1) is 15.6. The maximum absolute atomic E-state index is 11.9. The van der Waals surface area contributed by atoms with E-state index < -0.39 is 18.8 Å². The fourth-order valence-corrected chi connectivity index (χ4v) is 2.24. The molecule has 6 heteroatoms. The summed E-state index contributed by atoms with van der Waals surface area (Å²) in [6.07, 6.45) is -0.647. The van der Waals surface area contributed by atoms with Crippen LogP contribution in [-0.2, 0) is 9.30 Å². The van der Waals surface area contributed by atoms with Gasteiger partial charge in [-0.1, -0.05) is 0 Å². The molecule has 19 heavy (non-hydrogen) atoms. The monoisotopic (exact) mass is 285 g/mol. The second kappa shape index (κ2) is 5.25. The van der Waals surface area contributed by atoms with Gasteiger partial charge >= 0.3 is 6.09 Å². The van der Waals surface area contributed by atoms with E-state index in [0.717, 1.165) is 0 Å². The summed E-state index contributed by atoms with van der Waals surface area (Å²) >= 11 is 0. The van der Waals surface area contributed by atoms with E-state index >= 15 is 0 Å². The zero-order valence-corrected chi connectivity index (χ0v) is 12.7. The Bertz CT molecular complexity index is 528. The smallest absolute Gasteiger partial charge is 0.412 e. The molecular weight excluding hydrogens is 265 g/mol. The summed E-state index contributed by atoms with van der Waals surface area (Å²) in [6, 6.07) is 4.52. The molecule has 0 unspecified atom stereocenters. The number of carbonyl (C=O) groups excluding carboxylic acids is 1. The van der Waals surface area contributed by atoms with Crippen LogP contribution in [0.3, 0.4) is 0 Å². The first-order chi connectivity index (χ1) is 8.49. The van der Waals surface area contributed by atoms with Gasteiger partial charge in [0.2, 0.25) is 0 Å². The van der Waals surface area contributed by atoms with Crippen LogP contribution in [0.4, 0.5) is 10.5 Å². The quantitative estimate of drug-likeness (QED) is 0.647. The molecule has 0 aliphatic heterocycles. The number of phenols is 1. The number of benzene rings is 1. The maximum atomic E-state index is 11.9. The molecule has 1 rings (SSSR count). The lowest BCUT2D eigenvalue weighted by molar-refractivity contribution is 0.0635. The molecule has 0 aliphatic carbocycles. The van der Waals surface area contributed by atoms with Crippen LogP contribution >= 0.6 is 7.14 Å². The average Bonchev–Trinajstić information content (AvgIpc) is 2.16. The predicted octanol–water partition coefficient (Wildman–Crippen LogP) is 2.99. The summed E-state index contributed by atoms with van der Waals surface area (Å²) in [7, 11) is -2.44. The van der Waals surface area contributed by atoms with Gasteiger partial charge in [0.05, 0.1) is 5.69 Å². The molecule has 0 heterocycles. The van der Waals surface area contributed by atoms with Crippen LogP contribution in [0, 0.1) is 0 Å². The van der Waals surface area contributed by atoms with E-state index in [0.29, 0.717) is 5.30 Å². The van der Waals surface area contributed by atoms with E-state index in [2.05, 4.69) is 5.32 Å². The lowest BCUT2D eigenvalue weighted by Gasteiger charge is -2.20. The molecule has 0 bridgehead atoms. The summed E-state index contributed by atoms with van der Waals surface area (Å²) in [6.45, 7) is 8.48. The minimum absolute atomic E-state index is 0.132. The Kier molecular flexibility index (Phi) is 4.31. The lowest BCUT2D eigenvalue weighted by atomic mass is 10.2. The van der Waals surface area contributed by atoms with E-state index in [1.165, 1.54) is 12.1 Å². The van der Waals surface area contributed by atoms with Crippen molar-refractivity contribution in [3.8, 4) is 5.75 Å². The first-order valence-corrected chi connectivity index (χ1v) is 8.48. The molecule has 2 N–H and O–H groups in total. The van der Waals surface area contributed by atoms with Crippen LogP contribution in [0.15, 0.2) is 18.2 Å². The minimum Gasteiger partial charge on any atom is -0.506 e. The fraction of sp³-hybridized carbons (Fsp3) is 0.462. The standard InChI is InChI=1S/C13H20NO4P/c1-13(2,3)18-12(16)14-10-7-6-9(8-11(10)15)19(4,5)17/h6-8,15H,1-5H3,(H,14,16). The molecule has 0 aliphatic rings. The van der Waals surface area contributed by atoms with E-state index in [-0.39, 0.29) is 11.4 Å². The highest BCUT2D eigenvalue weighted by Crippen LogP contribution is 2.37. The number of phenolic OH excluding ortho intramolecular Hbond substituents is 1. The summed E-state index contributed by atoms with van der Waals surface area (Å²) < 4.78 is 16.9. The lowest BCUT2D eigenvalue weighted by Crippen LogP contribution is -2.27. The Morgan fingerprint density at radius 3 is 2.32 bits per heavy atom. The molecule has 1 aromatic carbocycles. The normalized spacial score (nSPS) is 12.1. The zero-order chi connectivity index (χ0) is 14.8. The minimum atomic E-state index is -2.44. The van der Waals surface area contributed by atoms with Gasteiger partial charge in [0.1, 0.15) is 18.5 Å². The van der Waals surface area contributed by atoms with Crippen molar-refractivity contribution in [2.45, 2.75) is 26.4 Å². The average molecular weight is 285 g/mol. The van der Waals surface area contributed by atoms with Gasteiger partial charge in [-0.05, 0) is 52.3 Å². The third-order valence-corrected chi connectivity index (χ3v) is 3.76. The molecule has 0 spiro atoms. The van der Waals surface area contributed by atoms with Crippen molar-refractivity contribution >= 4 is 24.2 Å². The molecule has 0 fully saturated rings. The highest BCUT2D eigenvalue weighted by molar-refractivity contribution is 7.70. The van der Waals surface area contributed by atoms with Crippen LogP contribution in [0.25, 0.3) is 0 Å². The van der Waals surface area contributed by atoms with Crippen molar-refractivity contribution in [3.63, 3.8) is 0 Å². The Morgan fingerprint density at radius 2 is 1.89 bits per heavy atom. The zero-order valence-electron chi connectivity index (χ0n) is 11.9. The Hall–Kier alpha value is -1.48. The SMILES string of the molecule is CC(C)(C)OC(=O)Nc1ccc(P(C)(C)=O)cc1O. The fourth-order valence-electron chi connectivity index (χ4n) is 1.37. The van der Waals surface area contributed by atoms with Crippen LogP contribution in [-0.4, -0.2) is 30.1 Å². The molecule has 0 radical (unpaired) electrons. The van der Waals surface area contributed by atoms with E-state index in [1.807, 2.05) is 0 Å². The van der Waals surface area contributed by atoms with Crippen molar-refractivity contribution in [2.75, 3.05) is 18.6 Å². The molecule has 0 saturated carbocycles. The summed E-state index contributed by atoms with van der Waals surface area (Å²) in [4.78, 5) is 11.6. The van der Waals surface area contributed by atoms with Crippen LogP contribution in [0.2, 0.25) is 0 Å². The van der Waals surface area contributed by atoms with Gasteiger partial charge in [0.25, 0.3) is 0 Å². The van der Waals surface area contributed by atoms with Gasteiger partial charge in [0, 0.05) is 5.30 Å². The van der Waals surface area contributed by atoms with Gasteiger partial charge in [-0.2, -0.15) is 0 Å². The number of hydrogen-bond acceptors (Lipinski definition) is 4. The van der Waals surface area contributed by atoms with Crippen molar-refractivity contribution < 1.29 is 19.2 Å². The number of ether oxygens (including phenoxy) is 1. The summed E-state index contributed by atoms with van der Waals surface area (Å²) in [5, 5.41) is 12.8. The van der Waals surface area contributed by atoms with Crippen molar-refractivity contribution in [1.82, 2.24) is 0 Å².